The fraction of sp³-hybridized carbons (Fsp3) is 1.00. The molecule has 0 N–H and O–H groups in total. The molecule has 3 nitrogen and oxygen atoms in total. The Hall–Kier alpha value is 0.189. The van der Waals surface area contributed by atoms with Crippen LogP contribution in [-0.2, 0) is 9.22 Å². The van der Waals surface area contributed by atoms with E-state index in [0.717, 1.165) is 0 Å². The van der Waals surface area contributed by atoms with Crippen LogP contribution in [0, 0.1) is 0 Å². The zero-order chi connectivity index (χ0) is 23.0. The maximum atomic E-state index is 14.3. The van der Waals surface area contributed by atoms with Gasteiger partial charge in [-0.15, -0.1) is 0 Å². The third-order valence-electron chi connectivity index (χ3n) is 3.06. The summed E-state index contributed by atoms with van der Waals surface area (Å²) in [5, 5.41) is 0. The summed E-state index contributed by atoms with van der Waals surface area (Å²) in [6.45, 7) is 14.2. The Morgan fingerprint density at radius 1 is 0.536 bits per heavy atom. The van der Waals surface area contributed by atoms with E-state index in [2.05, 4.69) is 0 Å². The molecule has 0 saturated carbocycles. The first-order chi connectivity index (χ1) is 11.8. The van der Waals surface area contributed by atoms with Crippen LogP contribution in [0.2, 0.25) is 4.44 Å². The summed E-state index contributed by atoms with van der Waals surface area (Å²) in [6.07, 6.45) is -14.2. The average Bonchev–Trinajstić information content (AvgIpc) is 2.25. The Labute approximate surface area is 167 Å². The van der Waals surface area contributed by atoms with Crippen molar-refractivity contribution < 1.29 is 40.0 Å². The fourth-order valence-corrected chi connectivity index (χ4v) is 13.5. The van der Waals surface area contributed by atoms with Crippen molar-refractivity contribution in [2.75, 3.05) is 0 Å². The zero-order valence-corrected chi connectivity index (χ0v) is 20.6. The van der Waals surface area contributed by atoms with Gasteiger partial charge in [0, 0.05) is 0 Å². The Morgan fingerprint density at radius 3 is 0.964 bits per heavy atom. The average molecular weight is 535 g/mol. The molecule has 0 bridgehead atoms. The van der Waals surface area contributed by atoms with E-state index >= 15 is 0 Å². The molecular weight excluding hydrogens is 504 g/mol. The monoisotopic (exact) mass is 536 g/mol. The van der Waals surface area contributed by atoms with Crippen molar-refractivity contribution in [3.05, 3.63) is 0 Å². The molecule has 0 radical (unpaired) electrons. The van der Waals surface area contributed by atoms with Crippen LogP contribution in [0.25, 0.3) is 0 Å². The molecule has 170 valence electrons. The van der Waals surface area contributed by atoms with Gasteiger partial charge < -0.3 is 0 Å². The number of hydrogen-bond acceptors (Lipinski definition) is 3. The molecule has 0 rings (SSSR count). The van der Waals surface area contributed by atoms with Crippen molar-refractivity contribution in [3.63, 3.8) is 0 Å². The normalized spacial score (nSPS) is 15.9. The van der Waals surface area contributed by atoms with Gasteiger partial charge in [-0.25, -0.2) is 0 Å². The molecule has 0 aliphatic carbocycles. The van der Waals surface area contributed by atoms with Gasteiger partial charge in [-0.3, -0.25) is 0 Å². The second kappa shape index (κ2) is 8.37. The molecule has 0 heterocycles. The maximum absolute atomic E-state index is 14.3. The zero-order valence-electron chi connectivity index (χ0n) is 17.8. The first-order valence-corrected chi connectivity index (χ1v) is 14.3. The third-order valence-corrected chi connectivity index (χ3v) is 13.4. The molecule has 0 fully saturated rings. The Bertz CT molecular complexity index is 457. The van der Waals surface area contributed by atoms with E-state index in [-0.39, 0.29) is 0 Å². The first kappa shape index (κ1) is 28.2. The summed E-state index contributed by atoms with van der Waals surface area (Å²) >= 11 is -5.16. The van der Waals surface area contributed by atoms with Gasteiger partial charge in [0.25, 0.3) is 0 Å². The summed E-state index contributed by atoms with van der Waals surface area (Å²) in [5.41, 5.74) is -8.34. The van der Waals surface area contributed by atoms with E-state index in [1.807, 2.05) is 0 Å². The van der Waals surface area contributed by atoms with Crippen molar-refractivity contribution in [3.8, 4) is 0 Å². The van der Waals surface area contributed by atoms with Crippen molar-refractivity contribution in [2.24, 2.45) is 0 Å². The number of halogens is 7. The third kappa shape index (κ3) is 8.91. The Balaban J connectivity index is 6.22. The van der Waals surface area contributed by atoms with E-state index in [0.29, 0.717) is 0 Å². The molecule has 0 aliphatic rings. The minimum atomic E-state index is -6.13. The number of alkyl halides is 7. The van der Waals surface area contributed by atoms with Crippen molar-refractivity contribution in [2.45, 2.75) is 108 Å². The Kier molecular flexibility index (Phi) is 8.43. The van der Waals surface area contributed by atoms with E-state index in [1.54, 1.807) is 62.3 Å². The van der Waals surface area contributed by atoms with Gasteiger partial charge in [0.1, 0.15) is 0 Å². The molecule has 0 aromatic carbocycles. The van der Waals surface area contributed by atoms with Crippen LogP contribution in [0.3, 0.4) is 0 Å². The quantitative estimate of drug-likeness (QED) is 0.284. The molecule has 0 aromatic heterocycles. The van der Waals surface area contributed by atoms with E-state index in [9.17, 15) is 30.7 Å². The number of rotatable bonds is 6. The summed E-state index contributed by atoms with van der Waals surface area (Å²) < 4.78 is 109. The number of hydrogen-bond donors (Lipinski definition) is 0. The van der Waals surface area contributed by atoms with Gasteiger partial charge >= 0.3 is 168 Å². The molecule has 0 aliphatic heterocycles. The van der Waals surface area contributed by atoms with E-state index < -0.39 is 65.3 Å². The standard InChI is InChI=1S/C5H4F7.3C4H9O.Sn/c1-2-3(6,4(7,8)9)5(10,11)12;3*1-4(2,3)5;/h1-2H2;3*1-3H3;/q;3*-1;+3. The van der Waals surface area contributed by atoms with Crippen LogP contribution < -0.4 is 0 Å². The summed E-state index contributed by atoms with van der Waals surface area (Å²) in [6, 6.07) is 0. The first-order valence-electron chi connectivity index (χ1n) is 8.75. The van der Waals surface area contributed by atoms with Crippen molar-refractivity contribution in [1.29, 1.82) is 0 Å². The van der Waals surface area contributed by atoms with Crippen molar-refractivity contribution >= 4 is 19.6 Å². The molecule has 0 atom stereocenters. The van der Waals surface area contributed by atoms with Gasteiger partial charge in [-0.2, -0.15) is 0 Å². The fourth-order valence-electron chi connectivity index (χ4n) is 2.38. The minimum absolute atomic E-state index is 0.935. The SMILES string of the molecule is CC(C)(C)[O][Sn]([CH2]CC(F)(C(F)(F)F)C(F)(F)F)([O]C(C)(C)C)[O]C(C)(C)C. The van der Waals surface area contributed by atoms with Crippen LogP contribution >= 0.6 is 0 Å². The predicted molar refractivity (Wildman–Crippen MR) is 93.6 cm³/mol. The molecule has 0 unspecified atom stereocenters. The Morgan fingerprint density at radius 2 is 0.786 bits per heavy atom. The summed E-state index contributed by atoms with van der Waals surface area (Å²) in [5.74, 6) is 0. The molecule has 28 heavy (non-hydrogen) atoms. The van der Waals surface area contributed by atoms with Crippen LogP contribution in [-0.4, -0.2) is 54.4 Å². The van der Waals surface area contributed by atoms with Gasteiger partial charge in [0.05, 0.1) is 0 Å². The molecule has 0 saturated heterocycles. The van der Waals surface area contributed by atoms with E-state index in [4.69, 9.17) is 9.22 Å². The second-order valence-corrected chi connectivity index (χ2v) is 16.7. The molecular formula is C17H31F7O3Sn. The van der Waals surface area contributed by atoms with Gasteiger partial charge in [0.15, 0.2) is 0 Å². The summed E-state index contributed by atoms with van der Waals surface area (Å²) in [7, 11) is 0. The second-order valence-electron chi connectivity index (χ2n) is 9.62. The molecule has 0 aromatic rings. The van der Waals surface area contributed by atoms with Crippen LogP contribution in [0.1, 0.15) is 68.7 Å². The predicted octanol–water partition coefficient (Wildman–Crippen LogP) is 6.59. The van der Waals surface area contributed by atoms with Crippen LogP contribution in [0.4, 0.5) is 30.7 Å². The van der Waals surface area contributed by atoms with Gasteiger partial charge in [-0.1, -0.05) is 0 Å². The van der Waals surface area contributed by atoms with Gasteiger partial charge in [-0.05, 0) is 0 Å². The topological polar surface area (TPSA) is 27.7 Å². The van der Waals surface area contributed by atoms with Crippen LogP contribution in [0.5, 0.6) is 0 Å². The molecule has 11 heteroatoms. The molecule has 0 spiro atoms. The van der Waals surface area contributed by atoms with E-state index in [1.165, 1.54) is 0 Å². The van der Waals surface area contributed by atoms with Gasteiger partial charge in [0.2, 0.25) is 0 Å². The van der Waals surface area contributed by atoms with Crippen LogP contribution in [0.15, 0.2) is 0 Å². The van der Waals surface area contributed by atoms with Crippen molar-refractivity contribution in [1.82, 2.24) is 0 Å². The summed E-state index contributed by atoms with van der Waals surface area (Å²) in [4.78, 5) is 0. The molecule has 0 amide bonds.